The van der Waals surface area contributed by atoms with E-state index in [2.05, 4.69) is 26.6 Å². The van der Waals surface area contributed by atoms with Crippen LogP contribution in [0.25, 0.3) is 0 Å². The van der Waals surface area contributed by atoms with Gasteiger partial charge in [0.25, 0.3) is 11.1 Å². The zero-order valence-corrected chi connectivity index (χ0v) is 29.8. The number of ketones is 1. The van der Waals surface area contributed by atoms with Gasteiger partial charge in [-0.2, -0.15) is 0 Å². The summed E-state index contributed by atoms with van der Waals surface area (Å²) in [6.45, 7) is 8.69. The van der Waals surface area contributed by atoms with Crippen LogP contribution < -0.4 is 26.6 Å². The lowest BCUT2D eigenvalue weighted by Crippen LogP contribution is -2.61. The largest absolute Gasteiger partial charge is 0.345 e. The van der Waals surface area contributed by atoms with Crippen LogP contribution in [0.2, 0.25) is 0 Å². The van der Waals surface area contributed by atoms with Gasteiger partial charge in [0.15, 0.2) is 0 Å². The number of nitrogens with zero attached hydrogens (tertiary/aromatic N) is 1. The summed E-state index contributed by atoms with van der Waals surface area (Å²) in [5, 5.41) is 13.1. The van der Waals surface area contributed by atoms with Crippen LogP contribution in [0.5, 0.6) is 0 Å². The van der Waals surface area contributed by atoms with Crippen LogP contribution in [-0.2, 0) is 28.8 Å². The van der Waals surface area contributed by atoms with E-state index in [-0.39, 0.29) is 29.4 Å². The van der Waals surface area contributed by atoms with Gasteiger partial charge in [0.1, 0.15) is 18.1 Å². The van der Waals surface area contributed by atoms with Gasteiger partial charge in [-0.1, -0.05) is 89.1 Å². The van der Waals surface area contributed by atoms with Crippen molar-refractivity contribution in [3.63, 3.8) is 0 Å². The van der Waals surface area contributed by atoms with E-state index >= 15 is 0 Å². The maximum Gasteiger partial charge on any atom is 0.290 e. The predicted molar refractivity (Wildman–Crippen MR) is 185 cm³/mol. The molecule has 0 aromatic heterocycles. The van der Waals surface area contributed by atoms with Crippen molar-refractivity contribution in [1.29, 1.82) is 0 Å². The van der Waals surface area contributed by atoms with Crippen LogP contribution in [0, 0.1) is 11.3 Å². The van der Waals surface area contributed by atoms with Crippen molar-refractivity contribution in [2.24, 2.45) is 11.3 Å². The first kappa shape index (κ1) is 37.9. The Balaban J connectivity index is 1.48. The minimum atomic E-state index is -1.06. The highest BCUT2D eigenvalue weighted by Gasteiger charge is 2.51. The number of hydrogen-bond donors (Lipinski definition) is 5. The quantitative estimate of drug-likeness (QED) is 0.195. The molecule has 0 spiro atoms. The normalized spacial score (nSPS) is 23.7. The van der Waals surface area contributed by atoms with Gasteiger partial charge in [0, 0.05) is 11.8 Å². The molecular weight excluding hydrogens is 648 g/mol. The van der Waals surface area contributed by atoms with E-state index in [1.54, 1.807) is 11.8 Å². The standard InChI is InChI=1S/C35H50N6O7S/c1-6-12-23(28(43)32(46)37-20(2)21-13-8-7-9-14-21)38-31(45)26-17-22-15-10-11-16-25(22)41(26)33(47)29(35(3,4)5)40-27(42)18-36-30(44)24-19-49-34(48)39-24/h7-9,13-14,20,22-26,29H,6,10-12,15-19H2,1-5H3,(H,36,44)(H,37,46)(H,38,45)(H,39,48)(H,40,42)/t20-,22-,23?,24?,25-,26-,29+/m0/s1. The van der Waals surface area contributed by atoms with Gasteiger partial charge in [-0.15, -0.1) is 0 Å². The van der Waals surface area contributed by atoms with Crippen molar-refractivity contribution in [3.8, 4) is 0 Å². The molecule has 2 unspecified atom stereocenters. The molecule has 14 heteroatoms. The lowest BCUT2D eigenvalue weighted by atomic mass is 9.83. The minimum absolute atomic E-state index is 0.0823. The number of carbonyl (C=O) groups excluding carboxylic acids is 7. The molecular formula is C35H50N6O7S. The van der Waals surface area contributed by atoms with Gasteiger partial charge in [0.2, 0.25) is 29.4 Å². The molecule has 2 heterocycles. The molecule has 7 atom stereocenters. The molecule has 49 heavy (non-hydrogen) atoms. The van der Waals surface area contributed by atoms with Crippen molar-refractivity contribution in [3.05, 3.63) is 35.9 Å². The summed E-state index contributed by atoms with van der Waals surface area (Å²) in [5.41, 5.74) is 0.0844. The van der Waals surface area contributed by atoms with E-state index in [0.717, 1.165) is 36.6 Å². The lowest BCUT2D eigenvalue weighted by Gasteiger charge is -2.39. The van der Waals surface area contributed by atoms with Crippen molar-refractivity contribution >= 4 is 52.3 Å². The Hall–Kier alpha value is -3.94. The highest BCUT2D eigenvalue weighted by atomic mass is 32.2. The summed E-state index contributed by atoms with van der Waals surface area (Å²) < 4.78 is 0. The number of fused-ring (bicyclic) bond motifs is 1. The SMILES string of the molecule is CCCC(NC(=O)[C@@H]1C[C@@H]2CCCC[C@@H]2N1C(=O)[C@@H](NC(=O)CNC(=O)C1CSC(=O)N1)C(C)(C)C)C(=O)C(=O)N[C@@H](C)c1ccccc1. The third-order valence-corrected chi connectivity index (χ3v) is 10.4. The minimum Gasteiger partial charge on any atom is -0.345 e. The second-order valence-electron chi connectivity index (χ2n) is 14.3. The van der Waals surface area contributed by atoms with Gasteiger partial charge in [0.05, 0.1) is 18.6 Å². The summed E-state index contributed by atoms with van der Waals surface area (Å²) in [4.78, 5) is 93.5. The summed E-state index contributed by atoms with van der Waals surface area (Å²) in [7, 11) is 0. The number of Topliss-reactive ketones (excluding diaryl/α,β-unsaturated/α-hetero) is 1. The second-order valence-corrected chi connectivity index (χ2v) is 15.3. The molecule has 13 nitrogen and oxygen atoms in total. The fourth-order valence-electron chi connectivity index (χ4n) is 6.91. The van der Waals surface area contributed by atoms with Gasteiger partial charge >= 0.3 is 0 Å². The van der Waals surface area contributed by atoms with Crippen LogP contribution >= 0.6 is 11.8 Å². The van der Waals surface area contributed by atoms with Crippen LogP contribution in [0.4, 0.5) is 4.79 Å². The number of amides is 6. The fraction of sp³-hybridized carbons (Fsp3) is 0.629. The average molecular weight is 699 g/mol. The summed E-state index contributed by atoms with van der Waals surface area (Å²) in [6.07, 6.45) is 4.64. The lowest BCUT2D eigenvalue weighted by molar-refractivity contribution is -0.147. The van der Waals surface area contributed by atoms with E-state index in [1.165, 1.54) is 0 Å². The van der Waals surface area contributed by atoms with Gasteiger partial charge in [-0.25, -0.2) is 0 Å². The van der Waals surface area contributed by atoms with Crippen molar-refractivity contribution in [2.45, 2.75) is 116 Å². The number of thioether (sulfide) groups is 1. The topological polar surface area (TPSA) is 183 Å². The Kier molecular flexibility index (Phi) is 12.9. The zero-order chi connectivity index (χ0) is 35.9. The maximum atomic E-state index is 14.5. The average Bonchev–Trinajstić information content (AvgIpc) is 3.69. The first-order valence-corrected chi connectivity index (χ1v) is 18.2. The number of nitrogens with one attached hydrogen (secondary N) is 5. The number of benzene rings is 1. The summed E-state index contributed by atoms with van der Waals surface area (Å²) in [5.74, 6) is -3.17. The van der Waals surface area contributed by atoms with E-state index in [4.69, 9.17) is 0 Å². The second kappa shape index (κ2) is 16.6. The van der Waals surface area contributed by atoms with Gasteiger partial charge < -0.3 is 31.5 Å². The number of rotatable bonds is 13. The van der Waals surface area contributed by atoms with Crippen molar-refractivity contribution in [2.75, 3.05) is 12.3 Å². The van der Waals surface area contributed by atoms with E-state index in [1.807, 2.05) is 58.0 Å². The maximum absolute atomic E-state index is 14.5. The first-order valence-electron chi connectivity index (χ1n) is 17.2. The smallest absolute Gasteiger partial charge is 0.290 e. The third-order valence-electron chi connectivity index (χ3n) is 9.56. The van der Waals surface area contributed by atoms with Crippen LogP contribution in [0.3, 0.4) is 0 Å². The molecule has 0 bridgehead atoms. The number of carbonyl (C=O) groups is 7. The number of hydrogen-bond acceptors (Lipinski definition) is 8. The van der Waals surface area contributed by atoms with Crippen LogP contribution in [0.1, 0.15) is 91.2 Å². The monoisotopic (exact) mass is 698 g/mol. The molecule has 0 radical (unpaired) electrons. The molecule has 6 amide bonds. The van der Waals surface area contributed by atoms with Crippen molar-refractivity contribution < 1.29 is 33.6 Å². The fourth-order valence-corrected chi connectivity index (χ4v) is 7.69. The molecule has 1 aliphatic carbocycles. The third kappa shape index (κ3) is 9.61. The van der Waals surface area contributed by atoms with Gasteiger partial charge in [-0.3, -0.25) is 33.6 Å². The zero-order valence-electron chi connectivity index (χ0n) is 29.0. The summed E-state index contributed by atoms with van der Waals surface area (Å²) in [6, 6.07) is 4.92. The molecule has 1 aromatic carbocycles. The molecule has 5 N–H and O–H groups in total. The van der Waals surface area contributed by atoms with E-state index < -0.39 is 77.5 Å². The summed E-state index contributed by atoms with van der Waals surface area (Å²) >= 11 is 0.989. The molecule has 2 aliphatic heterocycles. The first-order chi connectivity index (χ1) is 23.2. The molecule has 1 saturated carbocycles. The Morgan fingerprint density at radius 3 is 2.31 bits per heavy atom. The molecule has 4 rings (SSSR count). The van der Waals surface area contributed by atoms with Gasteiger partial charge in [-0.05, 0) is 49.5 Å². The molecule has 2 saturated heterocycles. The van der Waals surface area contributed by atoms with Crippen molar-refractivity contribution in [1.82, 2.24) is 31.5 Å². The molecule has 268 valence electrons. The molecule has 3 aliphatic rings. The van der Waals surface area contributed by atoms with E-state index in [9.17, 15) is 33.6 Å². The van der Waals surface area contributed by atoms with Crippen LogP contribution in [-0.4, -0.2) is 88.0 Å². The highest BCUT2D eigenvalue weighted by molar-refractivity contribution is 8.14. The number of likely N-dealkylation sites (tertiary alicyclic amines) is 1. The Bertz CT molecular complexity index is 1420. The molecule has 3 fully saturated rings. The Labute approximate surface area is 292 Å². The Morgan fingerprint density at radius 1 is 0.980 bits per heavy atom. The highest BCUT2D eigenvalue weighted by Crippen LogP contribution is 2.41. The predicted octanol–water partition coefficient (Wildman–Crippen LogP) is 2.35. The Morgan fingerprint density at radius 2 is 1.67 bits per heavy atom. The molecule has 1 aromatic rings. The van der Waals surface area contributed by atoms with Crippen LogP contribution in [0.15, 0.2) is 30.3 Å². The van der Waals surface area contributed by atoms with E-state index in [0.29, 0.717) is 19.3 Å².